The van der Waals surface area contributed by atoms with E-state index in [0.717, 1.165) is 12.0 Å². The van der Waals surface area contributed by atoms with E-state index in [9.17, 15) is 9.59 Å². The van der Waals surface area contributed by atoms with E-state index in [2.05, 4.69) is 10.6 Å². The van der Waals surface area contributed by atoms with Gasteiger partial charge in [0.15, 0.2) is 0 Å². The number of carboxylic acid groups (broad SMARTS) is 1. The molecule has 1 saturated heterocycles. The molecule has 1 atom stereocenters. The molecule has 6 nitrogen and oxygen atoms in total. The Balaban J connectivity index is 2.02. The molecule has 19 heavy (non-hydrogen) atoms. The average molecular weight is 264 g/mol. The van der Waals surface area contributed by atoms with Gasteiger partial charge in [0.2, 0.25) is 0 Å². The zero-order chi connectivity index (χ0) is 13.8. The lowest BCUT2D eigenvalue weighted by atomic mass is 10.1. The maximum absolute atomic E-state index is 11.8. The van der Waals surface area contributed by atoms with Crippen molar-refractivity contribution in [1.82, 2.24) is 5.32 Å². The Labute approximate surface area is 110 Å². The Morgan fingerprint density at radius 2 is 2.21 bits per heavy atom. The SMILES string of the molecule is Cc1ccc(C(=O)O)cc1NC(=O)NC1CCOC1. The summed E-state index contributed by atoms with van der Waals surface area (Å²) in [6, 6.07) is 4.29. The first-order valence-corrected chi connectivity index (χ1v) is 6.05. The number of anilines is 1. The molecule has 1 aromatic rings. The minimum absolute atomic E-state index is 0.0166. The largest absolute Gasteiger partial charge is 0.478 e. The van der Waals surface area contributed by atoms with E-state index < -0.39 is 5.97 Å². The molecule has 2 rings (SSSR count). The van der Waals surface area contributed by atoms with Gasteiger partial charge in [-0.2, -0.15) is 0 Å². The van der Waals surface area contributed by atoms with Crippen LogP contribution in [0.5, 0.6) is 0 Å². The highest BCUT2D eigenvalue weighted by molar-refractivity contribution is 5.94. The van der Waals surface area contributed by atoms with Crippen molar-refractivity contribution in [1.29, 1.82) is 0 Å². The van der Waals surface area contributed by atoms with Crippen molar-refractivity contribution in [2.75, 3.05) is 18.5 Å². The van der Waals surface area contributed by atoms with Crippen LogP contribution < -0.4 is 10.6 Å². The molecule has 0 saturated carbocycles. The first kappa shape index (κ1) is 13.4. The number of benzene rings is 1. The molecule has 1 aliphatic rings. The molecule has 0 spiro atoms. The average Bonchev–Trinajstić information content (AvgIpc) is 2.84. The van der Waals surface area contributed by atoms with Crippen molar-refractivity contribution in [3.05, 3.63) is 29.3 Å². The Morgan fingerprint density at radius 1 is 1.42 bits per heavy atom. The van der Waals surface area contributed by atoms with E-state index in [1.54, 1.807) is 13.0 Å². The first-order chi connectivity index (χ1) is 9.06. The maximum atomic E-state index is 11.8. The number of carbonyl (C=O) groups is 2. The van der Waals surface area contributed by atoms with Gasteiger partial charge < -0.3 is 20.5 Å². The van der Waals surface area contributed by atoms with Gasteiger partial charge >= 0.3 is 12.0 Å². The van der Waals surface area contributed by atoms with Crippen molar-refractivity contribution in [3.8, 4) is 0 Å². The molecule has 1 fully saturated rings. The van der Waals surface area contributed by atoms with E-state index in [1.165, 1.54) is 12.1 Å². The fourth-order valence-corrected chi connectivity index (χ4v) is 1.88. The topological polar surface area (TPSA) is 87.7 Å². The third kappa shape index (κ3) is 3.45. The molecule has 0 aromatic heterocycles. The quantitative estimate of drug-likeness (QED) is 0.773. The lowest BCUT2D eigenvalue weighted by Crippen LogP contribution is -2.38. The molecular weight excluding hydrogens is 248 g/mol. The molecule has 6 heteroatoms. The number of rotatable bonds is 3. The van der Waals surface area contributed by atoms with Gasteiger partial charge in [-0.1, -0.05) is 6.07 Å². The van der Waals surface area contributed by atoms with E-state index in [4.69, 9.17) is 9.84 Å². The van der Waals surface area contributed by atoms with E-state index >= 15 is 0 Å². The summed E-state index contributed by atoms with van der Waals surface area (Å²) in [5.41, 5.74) is 1.45. The molecule has 1 aliphatic heterocycles. The minimum atomic E-state index is -1.02. The minimum Gasteiger partial charge on any atom is -0.478 e. The molecule has 0 bridgehead atoms. The second-order valence-electron chi connectivity index (χ2n) is 4.49. The van der Waals surface area contributed by atoms with Crippen molar-refractivity contribution < 1.29 is 19.4 Å². The molecule has 2 amide bonds. The van der Waals surface area contributed by atoms with Crippen LogP contribution in [0.4, 0.5) is 10.5 Å². The maximum Gasteiger partial charge on any atom is 0.335 e. The van der Waals surface area contributed by atoms with Gasteiger partial charge in [0.1, 0.15) is 0 Å². The third-order valence-electron chi connectivity index (χ3n) is 3.00. The number of urea groups is 1. The number of aromatic carboxylic acids is 1. The number of amides is 2. The smallest absolute Gasteiger partial charge is 0.335 e. The number of hydrogen-bond donors (Lipinski definition) is 3. The lowest BCUT2D eigenvalue weighted by molar-refractivity contribution is 0.0697. The van der Waals surface area contributed by atoms with Crippen molar-refractivity contribution in [2.24, 2.45) is 0 Å². The fraction of sp³-hybridized carbons (Fsp3) is 0.385. The fourth-order valence-electron chi connectivity index (χ4n) is 1.88. The number of carbonyl (C=O) groups excluding carboxylic acids is 1. The Morgan fingerprint density at radius 3 is 2.84 bits per heavy atom. The van der Waals surface area contributed by atoms with E-state index in [-0.39, 0.29) is 17.6 Å². The molecule has 3 N–H and O–H groups in total. The summed E-state index contributed by atoms with van der Waals surface area (Å²) in [7, 11) is 0. The van der Waals surface area contributed by atoms with Gasteiger partial charge in [0.25, 0.3) is 0 Å². The molecule has 1 heterocycles. The summed E-state index contributed by atoms with van der Waals surface area (Å²) < 4.78 is 5.16. The second kappa shape index (κ2) is 5.71. The van der Waals surface area contributed by atoms with E-state index in [0.29, 0.717) is 18.9 Å². The summed E-state index contributed by atoms with van der Waals surface area (Å²) >= 11 is 0. The van der Waals surface area contributed by atoms with Crippen molar-refractivity contribution in [3.63, 3.8) is 0 Å². The molecular formula is C13H16N2O4. The Bertz CT molecular complexity index is 495. The molecule has 1 unspecified atom stereocenters. The second-order valence-corrected chi connectivity index (χ2v) is 4.49. The van der Waals surface area contributed by atoms with Crippen LogP contribution in [0.1, 0.15) is 22.3 Å². The highest BCUT2D eigenvalue weighted by Crippen LogP contribution is 2.17. The molecule has 102 valence electrons. The van der Waals surface area contributed by atoms with Crippen molar-refractivity contribution in [2.45, 2.75) is 19.4 Å². The summed E-state index contributed by atoms with van der Waals surface area (Å²) in [6.07, 6.45) is 0.793. The van der Waals surface area contributed by atoms with Gasteiger partial charge in [-0.25, -0.2) is 9.59 Å². The number of carboxylic acids is 1. The van der Waals surface area contributed by atoms with Crippen LogP contribution in [-0.4, -0.2) is 36.4 Å². The number of ether oxygens (including phenoxy) is 1. The van der Waals surface area contributed by atoms with Crippen LogP contribution in [0.2, 0.25) is 0 Å². The summed E-state index contributed by atoms with van der Waals surface area (Å²) in [6.45, 7) is 2.97. The zero-order valence-corrected chi connectivity index (χ0v) is 10.6. The summed E-state index contributed by atoms with van der Waals surface area (Å²) in [4.78, 5) is 22.7. The predicted molar refractivity (Wildman–Crippen MR) is 69.5 cm³/mol. The highest BCUT2D eigenvalue weighted by atomic mass is 16.5. The molecule has 0 radical (unpaired) electrons. The molecule has 0 aliphatic carbocycles. The molecule has 1 aromatic carbocycles. The Hall–Kier alpha value is -2.08. The lowest BCUT2D eigenvalue weighted by Gasteiger charge is -2.13. The zero-order valence-electron chi connectivity index (χ0n) is 10.6. The highest BCUT2D eigenvalue weighted by Gasteiger charge is 2.18. The van der Waals surface area contributed by atoms with Gasteiger partial charge in [-0.15, -0.1) is 0 Å². The van der Waals surface area contributed by atoms with Crippen LogP contribution in [0.25, 0.3) is 0 Å². The normalized spacial score (nSPS) is 18.1. The Kier molecular flexibility index (Phi) is 4.01. The van der Waals surface area contributed by atoms with Gasteiger partial charge in [-0.3, -0.25) is 0 Å². The summed E-state index contributed by atoms with van der Waals surface area (Å²) in [5.74, 6) is -1.02. The van der Waals surface area contributed by atoms with Crippen LogP contribution in [0, 0.1) is 6.92 Å². The van der Waals surface area contributed by atoms with E-state index in [1.807, 2.05) is 0 Å². The standard InChI is InChI=1S/C13H16N2O4/c1-8-2-3-9(12(16)17)6-11(8)15-13(18)14-10-4-5-19-7-10/h2-3,6,10H,4-5,7H2,1H3,(H,16,17)(H2,14,15,18). The van der Waals surface area contributed by atoms with Crippen LogP contribution in [0.3, 0.4) is 0 Å². The number of aryl methyl sites for hydroxylation is 1. The monoisotopic (exact) mass is 264 g/mol. The van der Waals surface area contributed by atoms with Crippen LogP contribution in [-0.2, 0) is 4.74 Å². The third-order valence-corrected chi connectivity index (χ3v) is 3.00. The number of hydrogen-bond acceptors (Lipinski definition) is 3. The van der Waals surface area contributed by atoms with Gasteiger partial charge in [0, 0.05) is 12.3 Å². The summed E-state index contributed by atoms with van der Waals surface area (Å²) in [5, 5.41) is 14.4. The van der Waals surface area contributed by atoms with Gasteiger partial charge in [0.05, 0.1) is 18.2 Å². The van der Waals surface area contributed by atoms with Crippen LogP contribution in [0.15, 0.2) is 18.2 Å². The van der Waals surface area contributed by atoms with Gasteiger partial charge in [-0.05, 0) is 31.0 Å². The van der Waals surface area contributed by atoms with Crippen molar-refractivity contribution >= 4 is 17.7 Å². The first-order valence-electron chi connectivity index (χ1n) is 6.05. The van der Waals surface area contributed by atoms with Crippen LogP contribution >= 0.6 is 0 Å². The number of nitrogens with one attached hydrogen (secondary N) is 2. The predicted octanol–water partition coefficient (Wildman–Crippen LogP) is 1.60.